The lowest BCUT2D eigenvalue weighted by Gasteiger charge is -2.12. The van der Waals surface area contributed by atoms with Crippen molar-refractivity contribution in [2.45, 2.75) is 0 Å². The van der Waals surface area contributed by atoms with Crippen molar-refractivity contribution in [1.29, 1.82) is 0 Å². The van der Waals surface area contributed by atoms with Crippen molar-refractivity contribution in [3.8, 4) is 39.8 Å². The summed E-state index contributed by atoms with van der Waals surface area (Å²) in [5.41, 5.74) is 10.2. The van der Waals surface area contributed by atoms with Crippen LogP contribution in [0.2, 0.25) is 0 Å². The molecule has 0 aliphatic rings. The summed E-state index contributed by atoms with van der Waals surface area (Å²) in [5.74, 6) is 0.302. The van der Waals surface area contributed by atoms with Crippen molar-refractivity contribution in [2.24, 2.45) is 7.05 Å². The molecule has 4 aromatic heterocycles. The molecule has 0 spiro atoms. The van der Waals surface area contributed by atoms with Gasteiger partial charge in [0.1, 0.15) is 28.3 Å². The monoisotopic (exact) mass is 704 g/mol. The van der Waals surface area contributed by atoms with E-state index in [4.69, 9.17) is 24.9 Å². The lowest BCUT2D eigenvalue weighted by atomic mass is 10.0. The molecular formula is C40H29FN8O4. The minimum Gasteiger partial charge on any atom is -0.438 e. The Balaban J connectivity index is 1.15. The second-order valence-corrected chi connectivity index (χ2v) is 12.0. The highest BCUT2D eigenvalue weighted by Crippen LogP contribution is 2.45. The van der Waals surface area contributed by atoms with E-state index in [0.717, 1.165) is 16.8 Å². The number of ether oxygens (including phenoxy) is 1. The molecule has 8 rings (SSSR count). The van der Waals surface area contributed by atoms with Crippen LogP contribution in [0.5, 0.6) is 11.6 Å². The Morgan fingerprint density at radius 3 is 2.40 bits per heavy atom. The summed E-state index contributed by atoms with van der Waals surface area (Å²) < 4.78 is 29.3. The molecule has 13 heteroatoms. The quantitative estimate of drug-likeness (QED) is 0.127. The van der Waals surface area contributed by atoms with Crippen molar-refractivity contribution < 1.29 is 18.3 Å². The molecule has 0 saturated heterocycles. The van der Waals surface area contributed by atoms with Gasteiger partial charge in [-0.1, -0.05) is 30.3 Å². The van der Waals surface area contributed by atoms with Gasteiger partial charge in [0.2, 0.25) is 17.5 Å². The van der Waals surface area contributed by atoms with Gasteiger partial charge in [0.25, 0.3) is 11.5 Å². The predicted molar refractivity (Wildman–Crippen MR) is 200 cm³/mol. The number of nitrogens with one attached hydrogen (secondary N) is 2. The number of benzene rings is 4. The zero-order chi connectivity index (χ0) is 36.5. The number of carbonyl (C=O) groups excluding carboxylic acids is 1. The lowest BCUT2D eigenvalue weighted by Crippen LogP contribution is -2.27. The fourth-order valence-corrected chi connectivity index (χ4v) is 5.85. The number of halogens is 1. The van der Waals surface area contributed by atoms with Gasteiger partial charge in [-0.25, -0.2) is 4.39 Å². The van der Waals surface area contributed by atoms with Crippen LogP contribution in [0.25, 0.3) is 39.2 Å². The number of amides is 1. The number of carbonyl (C=O) groups is 1. The number of hydrogen-bond acceptors (Lipinski definition) is 9. The molecule has 4 aromatic carbocycles. The first-order chi connectivity index (χ1) is 25.8. The van der Waals surface area contributed by atoms with Crippen molar-refractivity contribution >= 4 is 40.0 Å². The van der Waals surface area contributed by atoms with E-state index in [1.54, 1.807) is 47.3 Å². The van der Waals surface area contributed by atoms with Crippen LogP contribution in [-0.4, -0.2) is 30.2 Å². The molecule has 0 radical (unpaired) electrons. The molecule has 53 heavy (non-hydrogen) atoms. The van der Waals surface area contributed by atoms with E-state index >= 15 is 0 Å². The first-order valence-electron chi connectivity index (χ1n) is 16.4. The van der Waals surface area contributed by atoms with Gasteiger partial charge in [-0.05, 0) is 90.5 Å². The lowest BCUT2D eigenvalue weighted by molar-refractivity contribution is 0.102. The molecule has 0 atom stereocenters. The van der Waals surface area contributed by atoms with Gasteiger partial charge < -0.3 is 25.5 Å². The number of aryl methyl sites for hydroxylation is 1. The number of pyridine rings is 1. The fourth-order valence-electron chi connectivity index (χ4n) is 5.85. The molecule has 1 amide bonds. The third-order valence-corrected chi connectivity index (χ3v) is 8.31. The van der Waals surface area contributed by atoms with Crippen molar-refractivity contribution in [3.05, 3.63) is 156 Å². The van der Waals surface area contributed by atoms with Crippen LogP contribution in [-0.2, 0) is 7.05 Å². The molecule has 12 nitrogen and oxygen atoms in total. The van der Waals surface area contributed by atoms with Gasteiger partial charge in [-0.2, -0.15) is 15.1 Å². The van der Waals surface area contributed by atoms with E-state index in [1.807, 2.05) is 61.8 Å². The number of nitrogens with zero attached hydrogens (tertiary/aromatic N) is 5. The number of furan rings is 1. The maximum Gasteiger partial charge on any atom is 0.267 e. The minimum absolute atomic E-state index is 0.0857. The minimum atomic E-state index is -0.609. The number of aromatic nitrogens is 5. The summed E-state index contributed by atoms with van der Waals surface area (Å²) in [7, 11) is 1.82. The molecular weight excluding hydrogens is 675 g/mol. The highest BCUT2D eigenvalue weighted by atomic mass is 19.1. The number of nitrogens with two attached hydrogens (primary N) is 1. The van der Waals surface area contributed by atoms with Gasteiger partial charge in [0, 0.05) is 47.8 Å². The standard InChI is InChI=1S/C40H29FN8O4/c1-48-23-25(22-43-48)35-33(24-7-5-8-27(42)21-24)34-37(46-40(47-38(34)53-35)45-28-9-3-2-4-10-28)52-31-18-14-29(15-19-31)44-36(50)32-11-6-20-49(39(32)51)30-16-12-26(41)13-17-30/h2-23H,42H2,1H3,(H,44,50)(H,45,46,47). The maximum absolute atomic E-state index is 13.5. The van der Waals surface area contributed by atoms with Crippen molar-refractivity contribution in [3.63, 3.8) is 0 Å². The number of nitrogen functional groups attached to an aromatic ring is 1. The third kappa shape index (κ3) is 6.69. The molecule has 0 bridgehead atoms. The molecule has 0 unspecified atom stereocenters. The Labute approximate surface area is 300 Å². The van der Waals surface area contributed by atoms with Crippen LogP contribution >= 0.6 is 0 Å². The van der Waals surface area contributed by atoms with Gasteiger partial charge in [-0.15, -0.1) is 0 Å². The maximum atomic E-state index is 13.5. The Kier molecular flexibility index (Phi) is 8.40. The average molecular weight is 705 g/mol. The average Bonchev–Trinajstić information content (AvgIpc) is 3.77. The second-order valence-electron chi connectivity index (χ2n) is 12.0. The van der Waals surface area contributed by atoms with Crippen LogP contribution < -0.4 is 26.7 Å². The molecule has 0 fully saturated rings. The van der Waals surface area contributed by atoms with Gasteiger partial charge in [0.05, 0.1) is 11.8 Å². The Hall–Kier alpha value is -7.54. The Bertz CT molecular complexity index is 2670. The second kappa shape index (κ2) is 13.6. The van der Waals surface area contributed by atoms with E-state index in [1.165, 1.54) is 41.1 Å². The SMILES string of the molecule is Cn1cc(-c2oc3nc(Nc4ccccc4)nc(Oc4ccc(NC(=O)c5cccn(-c6ccc(F)cc6)c5=O)cc4)c3c2-c2cccc(N)c2)cn1. The molecule has 8 aromatic rings. The molecule has 0 aliphatic carbocycles. The number of fused-ring (bicyclic) bond motifs is 1. The van der Waals surface area contributed by atoms with Crippen LogP contribution in [0.1, 0.15) is 10.4 Å². The zero-order valence-electron chi connectivity index (χ0n) is 28.0. The van der Waals surface area contributed by atoms with Gasteiger partial charge >= 0.3 is 0 Å². The summed E-state index contributed by atoms with van der Waals surface area (Å²) in [6.45, 7) is 0. The smallest absolute Gasteiger partial charge is 0.267 e. The van der Waals surface area contributed by atoms with E-state index in [0.29, 0.717) is 39.5 Å². The van der Waals surface area contributed by atoms with E-state index in [2.05, 4.69) is 15.7 Å². The topological polar surface area (TPSA) is 155 Å². The molecule has 4 heterocycles. The van der Waals surface area contributed by atoms with Gasteiger partial charge in [-0.3, -0.25) is 18.8 Å². The normalized spacial score (nSPS) is 11.1. The molecule has 260 valence electrons. The molecule has 4 N–H and O–H groups in total. The highest BCUT2D eigenvalue weighted by molar-refractivity contribution is 6.05. The third-order valence-electron chi connectivity index (χ3n) is 8.31. The zero-order valence-corrected chi connectivity index (χ0v) is 28.0. The number of para-hydroxylation sites is 1. The predicted octanol–water partition coefficient (Wildman–Crippen LogP) is 7.95. The first kappa shape index (κ1) is 32.7. The molecule has 0 aliphatic heterocycles. The number of anilines is 4. The van der Waals surface area contributed by atoms with Gasteiger partial charge in [0.15, 0.2) is 0 Å². The van der Waals surface area contributed by atoms with Crippen LogP contribution in [0.3, 0.4) is 0 Å². The largest absolute Gasteiger partial charge is 0.438 e. The Morgan fingerprint density at radius 2 is 1.66 bits per heavy atom. The van der Waals surface area contributed by atoms with Crippen LogP contribution in [0.15, 0.2) is 143 Å². The van der Waals surface area contributed by atoms with E-state index < -0.39 is 17.3 Å². The summed E-state index contributed by atoms with van der Waals surface area (Å²) in [5, 5.41) is 10.8. The van der Waals surface area contributed by atoms with E-state index in [-0.39, 0.29) is 23.1 Å². The summed E-state index contributed by atoms with van der Waals surface area (Å²) >= 11 is 0. The van der Waals surface area contributed by atoms with Crippen LogP contribution in [0.4, 0.5) is 27.4 Å². The fraction of sp³-hybridized carbons (Fsp3) is 0.0250. The van der Waals surface area contributed by atoms with E-state index in [9.17, 15) is 14.0 Å². The first-order valence-corrected chi connectivity index (χ1v) is 16.4. The summed E-state index contributed by atoms with van der Waals surface area (Å²) in [6.07, 6.45) is 5.05. The Morgan fingerprint density at radius 1 is 0.868 bits per heavy atom. The highest BCUT2D eigenvalue weighted by Gasteiger charge is 2.26. The number of rotatable bonds is 9. The summed E-state index contributed by atoms with van der Waals surface area (Å²) in [6, 6.07) is 31.9. The van der Waals surface area contributed by atoms with Crippen molar-refractivity contribution in [2.75, 3.05) is 16.4 Å². The number of hydrogen-bond donors (Lipinski definition) is 3. The van der Waals surface area contributed by atoms with Crippen molar-refractivity contribution in [1.82, 2.24) is 24.3 Å². The van der Waals surface area contributed by atoms with Crippen LogP contribution in [0, 0.1) is 5.82 Å². The molecule has 0 saturated carbocycles. The summed E-state index contributed by atoms with van der Waals surface area (Å²) in [4.78, 5) is 35.9.